The van der Waals surface area contributed by atoms with Crippen molar-refractivity contribution in [2.24, 2.45) is 11.8 Å². The Kier molecular flexibility index (Phi) is 6.30. The second-order valence-corrected chi connectivity index (χ2v) is 7.86. The molecular weight excluding hydrogens is 328 g/mol. The number of nitrogens with one attached hydrogen (secondary N) is 1. The summed E-state index contributed by atoms with van der Waals surface area (Å²) < 4.78 is 0. The van der Waals surface area contributed by atoms with E-state index in [1.807, 2.05) is 11.0 Å². The number of benzene rings is 1. The zero-order chi connectivity index (χ0) is 18.5. The SMILES string of the molecule is CC(=O)N[C@@H]1C[C@@H]2CN(C(=O)CCCCc3ccccc3)C[C@@H]2C[C@H]1O. The van der Waals surface area contributed by atoms with Gasteiger partial charge in [-0.3, -0.25) is 9.59 Å². The van der Waals surface area contributed by atoms with Gasteiger partial charge < -0.3 is 15.3 Å². The van der Waals surface area contributed by atoms with E-state index in [-0.39, 0.29) is 17.9 Å². The predicted molar refractivity (Wildman–Crippen MR) is 100 cm³/mol. The lowest BCUT2D eigenvalue weighted by atomic mass is 9.77. The molecule has 4 atom stereocenters. The first-order valence-electron chi connectivity index (χ1n) is 9.80. The first-order chi connectivity index (χ1) is 12.5. The van der Waals surface area contributed by atoms with Crippen LogP contribution in [0.1, 0.15) is 44.6 Å². The van der Waals surface area contributed by atoms with Crippen molar-refractivity contribution in [3.63, 3.8) is 0 Å². The summed E-state index contributed by atoms with van der Waals surface area (Å²) in [5.74, 6) is 0.890. The molecule has 0 radical (unpaired) electrons. The zero-order valence-corrected chi connectivity index (χ0v) is 15.6. The van der Waals surface area contributed by atoms with Gasteiger partial charge in [-0.1, -0.05) is 30.3 Å². The minimum absolute atomic E-state index is 0.100. The van der Waals surface area contributed by atoms with Crippen LogP contribution in [-0.2, 0) is 16.0 Å². The molecule has 5 nitrogen and oxygen atoms in total. The van der Waals surface area contributed by atoms with Gasteiger partial charge in [0, 0.05) is 26.4 Å². The molecule has 0 spiro atoms. The molecule has 0 aromatic heterocycles. The summed E-state index contributed by atoms with van der Waals surface area (Å²) in [7, 11) is 0. The Bertz CT molecular complexity index is 619. The van der Waals surface area contributed by atoms with Crippen molar-refractivity contribution in [1.29, 1.82) is 0 Å². The average molecular weight is 358 g/mol. The Labute approximate surface area is 155 Å². The third-order valence-electron chi connectivity index (χ3n) is 5.83. The monoisotopic (exact) mass is 358 g/mol. The lowest BCUT2D eigenvalue weighted by Gasteiger charge is -2.35. The summed E-state index contributed by atoms with van der Waals surface area (Å²) in [5, 5.41) is 13.1. The Morgan fingerprint density at radius 3 is 2.50 bits per heavy atom. The Hall–Kier alpha value is -1.88. The lowest BCUT2D eigenvalue weighted by Crippen LogP contribution is -2.48. The first kappa shape index (κ1) is 18.9. The highest BCUT2D eigenvalue weighted by atomic mass is 16.3. The van der Waals surface area contributed by atoms with Crippen molar-refractivity contribution in [3.8, 4) is 0 Å². The normalized spacial score (nSPS) is 27.8. The van der Waals surface area contributed by atoms with Crippen LogP contribution in [0, 0.1) is 11.8 Å². The number of amides is 2. The third kappa shape index (κ3) is 4.85. The fraction of sp³-hybridized carbons (Fsp3) is 0.619. The van der Waals surface area contributed by atoms with Crippen LogP contribution >= 0.6 is 0 Å². The van der Waals surface area contributed by atoms with Gasteiger partial charge in [0.25, 0.3) is 0 Å². The number of hydrogen-bond acceptors (Lipinski definition) is 3. The van der Waals surface area contributed by atoms with Gasteiger partial charge in [-0.25, -0.2) is 0 Å². The molecule has 1 heterocycles. The van der Waals surface area contributed by atoms with Crippen LogP contribution < -0.4 is 5.32 Å². The summed E-state index contributed by atoms with van der Waals surface area (Å²) in [6.07, 6.45) is 4.50. The van der Waals surface area contributed by atoms with Crippen molar-refractivity contribution in [3.05, 3.63) is 35.9 Å². The predicted octanol–water partition coefficient (Wildman–Crippen LogP) is 2.13. The molecule has 2 amide bonds. The maximum atomic E-state index is 12.5. The fourth-order valence-electron chi connectivity index (χ4n) is 4.46. The van der Waals surface area contributed by atoms with E-state index in [9.17, 15) is 14.7 Å². The largest absolute Gasteiger partial charge is 0.391 e. The van der Waals surface area contributed by atoms with Crippen LogP contribution in [-0.4, -0.2) is 47.1 Å². The van der Waals surface area contributed by atoms with E-state index in [0.717, 1.165) is 38.8 Å². The van der Waals surface area contributed by atoms with Crippen molar-refractivity contribution in [2.45, 2.75) is 57.6 Å². The highest BCUT2D eigenvalue weighted by Crippen LogP contribution is 2.36. The third-order valence-corrected chi connectivity index (χ3v) is 5.83. The minimum atomic E-state index is -0.499. The number of aryl methyl sites for hydroxylation is 1. The summed E-state index contributed by atoms with van der Waals surface area (Å²) in [4.78, 5) is 25.8. The van der Waals surface area contributed by atoms with Gasteiger partial charge in [0.2, 0.25) is 11.8 Å². The molecule has 5 heteroatoms. The lowest BCUT2D eigenvalue weighted by molar-refractivity contribution is -0.130. The van der Waals surface area contributed by atoms with Crippen LogP contribution in [0.15, 0.2) is 30.3 Å². The second-order valence-electron chi connectivity index (χ2n) is 7.86. The number of aliphatic hydroxyl groups excluding tert-OH is 1. The molecule has 1 aromatic rings. The second kappa shape index (κ2) is 8.67. The van der Waals surface area contributed by atoms with Crippen LogP contribution in [0.3, 0.4) is 0 Å². The van der Waals surface area contributed by atoms with E-state index in [2.05, 4.69) is 29.6 Å². The molecule has 1 aliphatic heterocycles. The zero-order valence-electron chi connectivity index (χ0n) is 15.6. The molecule has 0 bridgehead atoms. The summed E-state index contributed by atoms with van der Waals surface area (Å²) >= 11 is 0. The molecule has 26 heavy (non-hydrogen) atoms. The Balaban J connectivity index is 1.42. The maximum Gasteiger partial charge on any atom is 0.222 e. The molecule has 3 rings (SSSR count). The van der Waals surface area contributed by atoms with Gasteiger partial charge >= 0.3 is 0 Å². The molecular formula is C21H30N2O3. The van der Waals surface area contributed by atoms with Crippen LogP contribution in [0.25, 0.3) is 0 Å². The van der Waals surface area contributed by atoms with Gasteiger partial charge in [0.15, 0.2) is 0 Å². The summed E-state index contributed by atoms with van der Waals surface area (Å²) in [6, 6.07) is 10.2. The highest BCUT2D eigenvalue weighted by molar-refractivity contribution is 5.76. The number of likely N-dealkylation sites (tertiary alicyclic amines) is 1. The van der Waals surface area contributed by atoms with E-state index in [4.69, 9.17) is 0 Å². The van der Waals surface area contributed by atoms with Gasteiger partial charge in [-0.05, 0) is 49.5 Å². The van der Waals surface area contributed by atoms with Crippen LogP contribution in [0.2, 0.25) is 0 Å². The molecule has 1 saturated carbocycles. The van der Waals surface area contributed by atoms with E-state index >= 15 is 0 Å². The molecule has 1 aliphatic carbocycles. The molecule has 1 saturated heterocycles. The summed E-state index contributed by atoms with van der Waals surface area (Å²) in [5.41, 5.74) is 1.32. The number of carbonyl (C=O) groups excluding carboxylic acids is 2. The number of fused-ring (bicyclic) bond motifs is 1. The smallest absolute Gasteiger partial charge is 0.222 e. The number of hydrogen-bond donors (Lipinski definition) is 2. The number of carbonyl (C=O) groups is 2. The van der Waals surface area contributed by atoms with Crippen molar-refractivity contribution in [1.82, 2.24) is 10.2 Å². The number of rotatable bonds is 6. The number of aliphatic hydroxyl groups is 1. The summed E-state index contributed by atoms with van der Waals surface area (Å²) in [6.45, 7) is 3.01. The van der Waals surface area contributed by atoms with Crippen molar-refractivity contribution >= 4 is 11.8 Å². The Morgan fingerprint density at radius 1 is 1.12 bits per heavy atom. The standard InChI is InChI=1S/C21H30N2O3/c1-15(24)22-19-11-17-13-23(14-18(17)12-20(19)25)21(26)10-6-5-9-16-7-3-2-4-8-16/h2-4,7-8,17-20,25H,5-6,9-14H2,1H3,(H,22,24)/t17-,18+,19-,20-/m1/s1. The minimum Gasteiger partial charge on any atom is -0.391 e. The van der Waals surface area contributed by atoms with Crippen molar-refractivity contribution < 1.29 is 14.7 Å². The van der Waals surface area contributed by atoms with Gasteiger partial charge in [0.1, 0.15) is 0 Å². The quantitative estimate of drug-likeness (QED) is 0.766. The van der Waals surface area contributed by atoms with E-state index in [0.29, 0.717) is 24.7 Å². The van der Waals surface area contributed by atoms with Crippen LogP contribution in [0.5, 0.6) is 0 Å². The van der Waals surface area contributed by atoms with E-state index in [1.165, 1.54) is 12.5 Å². The molecule has 2 fully saturated rings. The molecule has 2 aliphatic rings. The van der Waals surface area contributed by atoms with Gasteiger partial charge in [-0.15, -0.1) is 0 Å². The molecule has 2 N–H and O–H groups in total. The van der Waals surface area contributed by atoms with Gasteiger partial charge in [-0.2, -0.15) is 0 Å². The fourth-order valence-corrected chi connectivity index (χ4v) is 4.46. The first-order valence-corrected chi connectivity index (χ1v) is 9.80. The topological polar surface area (TPSA) is 69.6 Å². The number of unbranched alkanes of at least 4 members (excludes halogenated alkanes) is 1. The average Bonchev–Trinajstić information content (AvgIpc) is 3.02. The molecule has 1 aromatic carbocycles. The highest BCUT2D eigenvalue weighted by Gasteiger charge is 2.42. The van der Waals surface area contributed by atoms with E-state index in [1.54, 1.807) is 0 Å². The Morgan fingerprint density at radius 2 is 1.81 bits per heavy atom. The van der Waals surface area contributed by atoms with Crippen molar-refractivity contribution in [2.75, 3.05) is 13.1 Å². The molecule has 0 unspecified atom stereocenters. The maximum absolute atomic E-state index is 12.5. The van der Waals surface area contributed by atoms with E-state index < -0.39 is 6.10 Å². The molecule has 142 valence electrons. The van der Waals surface area contributed by atoms with Gasteiger partial charge in [0.05, 0.1) is 12.1 Å². The number of nitrogens with zero attached hydrogens (tertiary/aromatic N) is 1. The van der Waals surface area contributed by atoms with Crippen LogP contribution in [0.4, 0.5) is 0 Å².